The van der Waals surface area contributed by atoms with E-state index in [-0.39, 0.29) is 18.3 Å². The molecular formula is C21H20N4O4. The van der Waals surface area contributed by atoms with Gasteiger partial charge in [-0.1, -0.05) is 35.0 Å². The van der Waals surface area contributed by atoms with Crippen LogP contribution in [0.4, 0.5) is 10.5 Å². The van der Waals surface area contributed by atoms with Crippen molar-refractivity contribution in [1.82, 2.24) is 15.0 Å². The van der Waals surface area contributed by atoms with E-state index < -0.39 is 12.1 Å². The minimum atomic E-state index is -0.609. The summed E-state index contributed by atoms with van der Waals surface area (Å²) in [5.74, 6) is 0.797. The molecule has 2 heterocycles. The van der Waals surface area contributed by atoms with Gasteiger partial charge in [-0.2, -0.15) is 4.98 Å². The van der Waals surface area contributed by atoms with Crippen LogP contribution in [0.5, 0.6) is 5.75 Å². The molecule has 1 saturated heterocycles. The number of hydrogen-bond acceptors (Lipinski definition) is 6. The molecule has 0 saturated carbocycles. The van der Waals surface area contributed by atoms with Crippen LogP contribution in [-0.4, -0.2) is 40.1 Å². The van der Waals surface area contributed by atoms with Crippen LogP contribution < -0.4 is 9.64 Å². The molecule has 0 bridgehead atoms. The zero-order valence-electron chi connectivity index (χ0n) is 16.3. The minimum Gasteiger partial charge on any atom is -0.496 e. The van der Waals surface area contributed by atoms with Gasteiger partial charge >= 0.3 is 6.03 Å². The molecule has 2 aromatic carbocycles. The van der Waals surface area contributed by atoms with Crippen LogP contribution >= 0.6 is 0 Å². The highest BCUT2D eigenvalue weighted by Gasteiger charge is 2.44. The largest absolute Gasteiger partial charge is 0.496 e. The Bertz CT molecular complexity index is 1060. The third kappa shape index (κ3) is 3.33. The van der Waals surface area contributed by atoms with Gasteiger partial charge in [0.1, 0.15) is 18.3 Å². The highest BCUT2D eigenvalue weighted by atomic mass is 16.5. The van der Waals surface area contributed by atoms with E-state index in [4.69, 9.17) is 9.26 Å². The van der Waals surface area contributed by atoms with Crippen molar-refractivity contribution < 1.29 is 18.8 Å². The number of methoxy groups -OCH3 is 1. The van der Waals surface area contributed by atoms with Gasteiger partial charge < -0.3 is 9.26 Å². The average Bonchev–Trinajstić information content (AvgIpc) is 3.28. The molecule has 148 valence electrons. The molecule has 0 radical (unpaired) electrons. The zero-order valence-corrected chi connectivity index (χ0v) is 16.3. The summed E-state index contributed by atoms with van der Waals surface area (Å²) in [6.07, 6.45) is 0. The summed E-state index contributed by atoms with van der Waals surface area (Å²) in [6, 6.07) is 13.7. The predicted molar refractivity (Wildman–Crippen MR) is 105 cm³/mol. The van der Waals surface area contributed by atoms with E-state index in [0.29, 0.717) is 22.8 Å². The average molecular weight is 392 g/mol. The maximum Gasteiger partial charge on any atom is 0.332 e. The number of ether oxygens (including phenoxy) is 1. The molecule has 1 atom stereocenters. The fourth-order valence-corrected chi connectivity index (χ4v) is 3.30. The monoisotopic (exact) mass is 392 g/mol. The molecular weight excluding hydrogens is 372 g/mol. The molecule has 8 nitrogen and oxygen atoms in total. The SMILES string of the molecule is COc1ccccc1-c1noc(CN2C(=O)[C@@H](C)N(c3ccc(C)cc3)C2=O)n1. The molecule has 1 aliphatic heterocycles. The second kappa shape index (κ2) is 7.38. The molecule has 3 aromatic rings. The van der Waals surface area contributed by atoms with Crippen LogP contribution in [0.3, 0.4) is 0 Å². The Balaban J connectivity index is 1.57. The summed E-state index contributed by atoms with van der Waals surface area (Å²) in [5, 5.41) is 3.96. The first kappa shape index (κ1) is 18.7. The summed E-state index contributed by atoms with van der Waals surface area (Å²) >= 11 is 0. The first-order valence-electron chi connectivity index (χ1n) is 9.17. The number of benzene rings is 2. The van der Waals surface area contributed by atoms with E-state index in [0.717, 1.165) is 10.5 Å². The number of amides is 3. The van der Waals surface area contributed by atoms with Crippen molar-refractivity contribution in [3.8, 4) is 17.1 Å². The van der Waals surface area contributed by atoms with E-state index >= 15 is 0 Å². The summed E-state index contributed by atoms with van der Waals surface area (Å²) in [4.78, 5) is 32.6. The van der Waals surface area contributed by atoms with E-state index in [1.165, 1.54) is 4.90 Å². The number of aromatic nitrogens is 2. The van der Waals surface area contributed by atoms with Crippen LogP contribution in [-0.2, 0) is 11.3 Å². The Morgan fingerprint density at radius 3 is 2.55 bits per heavy atom. The predicted octanol–water partition coefficient (Wildman–Crippen LogP) is 3.41. The Labute approximate surface area is 167 Å². The summed E-state index contributed by atoms with van der Waals surface area (Å²) in [6.45, 7) is 3.58. The Kier molecular flexibility index (Phi) is 4.75. The summed E-state index contributed by atoms with van der Waals surface area (Å²) in [5.41, 5.74) is 2.41. The number of urea groups is 1. The third-order valence-corrected chi connectivity index (χ3v) is 4.87. The normalized spacial score (nSPS) is 16.6. The molecule has 0 N–H and O–H groups in total. The molecule has 29 heavy (non-hydrogen) atoms. The molecule has 0 unspecified atom stereocenters. The lowest BCUT2D eigenvalue weighted by Crippen LogP contribution is -2.33. The van der Waals surface area contributed by atoms with Gasteiger partial charge in [0, 0.05) is 5.69 Å². The molecule has 1 aromatic heterocycles. The summed E-state index contributed by atoms with van der Waals surface area (Å²) in [7, 11) is 1.56. The lowest BCUT2D eigenvalue weighted by Gasteiger charge is -2.19. The van der Waals surface area contributed by atoms with Crippen molar-refractivity contribution in [3.05, 3.63) is 60.0 Å². The molecule has 1 aliphatic rings. The van der Waals surface area contributed by atoms with Crippen LogP contribution in [0, 0.1) is 6.92 Å². The van der Waals surface area contributed by atoms with Gasteiger partial charge in [-0.25, -0.2) is 4.79 Å². The first-order valence-corrected chi connectivity index (χ1v) is 9.17. The Hall–Kier alpha value is -3.68. The maximum absolute atomic E-state index is 12.9. The molecule has 3 amide bonds. The van der Waals surface area contributed by atoms with E-state index in [9.17, 15) is 9.59 Å². The first-order chi connectivity index (χ1) is 14.0. The quantitative estimate of drug-likeness (QED) is 0.618. The van der Waals surface area contributed by atoms with Gasteiger partial charge in [-0.3, -0.25) is 14.6 Å². The molecule has 1 fully saturated rings. The van der Waals surface area contributed by atoms with Crippen LogP contribution in [0.15, 0.2) is 53.1 Å². The zero-order chi connectivity index (χ0) is 20.5. The van der Waals surface area contributed by atoms with Crippen LogP contribution in [0.2, 0.25) is 0 Å². The van der Waals surface area contributed by atoms with Gasteiger partial charge in [-0.15, -0.1) is 0 Å². The fraction of sp³-hybridized carbons (Fsp3) is 0.238. The number of carbonyl (C=O) groups excluding carboxylic acids is 2. The van der Waals surface area contributed by atoms with E-state index in [1.54, 1.807) is 26.2 Å². The lowest BCUT2D eigenvalue weighted by molar-refractivity contribution is -0.127. The van der Waals surface area contributed by atoms with Crippen molar-refractivity contribution in [3.63, 3.8) is 0 Å². The van der Waals surface area contributed by atoms with Gasteiger partial charge in [0.2, 0.25) is 11.7 Å². The highest BCUT2D eigenvalue weighted by molar-refractivity contribution is 6.13. The number of nitrogens with zero attached hydrogens (tertiary/aromatic N) is 4. The van der Waals surface area contributed by atoms with Crippen molar-refractivity contribution in [2.75, 3.05) is 12.0 Å². The number of carbonyl (C=O) groups is 2. The van der Waals surface area contributed by atoms with Gasteiger partial charge in [0.25, 0.3) is 5.91 Å². The molecule has 8 heteroatoms. The fourth-order valence-electron chi connectivity index (χ4n) is 3.30. The van der Waals surface area contributed by atoms with Crippen molar-refractivity contribution >= 4 is 17.6 Å². The number of aryl methyl sites for hydroxylation is 1. The van der Waals surface area contributed by atoms with Gasteiger partial charge in [-0.05, 0) is 38.1 Å². The lowest BCUT2D eigenvalue weighted by atomic mass is 10.2. The maximum atomic E-state index is 12.9. The molecule has 4 rings (SSSR count). The second-order valence-electron chi connectivity index (χ2n) is 6.80. The molecule has 0 aliphatic carbocycles. The topological polar surface area (TPSA) is 88.8 Å². The van der Waals surface area contributed by atoms with Crippen LogP contribution in [0.25, 0.3) is 11.4 Å². The number of anilines is 1. The number of imide groups is 1. The van der Waals surface area contributed by atoms with E-state index in [1.807, 2.05) is 43.3 Å². The second-order valence-corrected chi connectivity index (χ2v) is 6.80. The smallest absolute Gasteiger partial charge is 0.332 e. The van der Waals surface area contributed by atoms with Crippen LogP contribution in [0.1, 0.15) is 18.4 Å². The number of rotatable bonds is 5. The van der Waals surface area contributed by atoms with Gasteiger partial charge in [0.15, 0.2) is 0 Å². The number of para-hydroxylation sites is 1. The Morgan fingerprint density at radius 2 is 1.83 bits per heavy atom. The van der Waals surface area contributed by atoms with Gasteiger partial charge in [0.05, 0.1) is 12.7 Å². The summed E-state index contributed by atoms with van der Waals surface area (Å²) < 4.78 is 10.6. The highest BCUT2D eigenvalue weighted by Crippen LogP contribution is 2.29. The third-order valence-electron chi connectivity index (χ3n) is 4.87. The standard InChI is InChI=1S/C21H20N4O4/c1-13-8-10-15(11-9-13)25-14(2)20(26)24(21(25)27)12-18-22-19(23-29-18)16-6-4-5-7-17(16)28-3/h4-11,14H,12H2,1-3H3/t14-/m1/s1. The Morgan fingerprint density at radius 1 is 1.10 bits per heavy atom. The minimum absolute atomic E-state index is 0.0908. The van der Waals surface area contributed by atoms with Crippen molar-refractivity contribution in [1.29, 1.82) is 0 Å². The van der Waals surface area contributed by atoms with E-state index in [2.05, 4.69) is 10.1 Å². The molecule has 0 spiro atoms. The number of hydrogen-bond donors (Lipinski definition) is 0. The van der Waals surface area contributed by atoms with Crippen molar-refractivity contribution in [2.45, 2.75) is 26.4 Å². The van der Waals surface area contributed by atoms with Crippen molar-refractivity contribution in [2.24, 2.45) is 0 Å².